The predicted molar refractivity (Wildman–Crippen MR) is 114 cm³/mol. The van der Waals surface area contributed by atoms with Crippen molar-refractivity contribution in [3.8, 4) is 0 Å². The Hall–Kier alpha value is -2.08. The first kappa shape index (κ1) is 17.3. The molecule has 2 aliphatic rings. The molecular weight excluding hydrogens is 312 g/mol. The topological polar surface area (TPSA) is 0 Å². The third-order valence-corrected chi connectivity index (χ3v) is 6.72. The lowest BCUT2D eigenvalue weighted by Crippen LogP contribution is -2.06. The van der Waals surface area contributed by atoms with E-state index in [9.17, 15) is 0 Å². The molecule has 26 heavy (non-hydrogen) atoms. The summed E-state index contributed by atoms with van der Waals surface area (Å²) in [5.74, 6) is 0.457. The number of rotatable bonds is 2. The maximum Gasteiger partial charge on any atom is 0.00724 e. The van der Waals surface area contributed by atoms with Crippen molar-refractivity contribution in [3.05, 3.63) is 79.9 Å². The highest BCUT2D eigenvalue weighted by atomic mass is 14.4. The Morgan fingerprint density at radius 3 is 1.31 bits per heavy atom. The van der Waals surface area contributed by atoms with E-state index in [4.69, 9.17) is 0 Å². The molecule has 0 atom stereocenters. The van der Waals surface area contributed by atoms with Crippen LogP contribution in [0.5, 0.6) is 0 Å². The van der Waals surface area contributed by atoms with E-state index in [-0.39, 0.29) is 0 Å². The normalized spacial score (nSPS) is 16.0. The Labute approximate surface area is 158 Å². The molecule has 0 saturated carbocycles. The first-order valence-electron chi connectivity index (χ1n) is 9.89. The predicted octanol–water partition coefficient (Wildman–Crippen LogP) is 6.92. The minimum absolute atomic E-state index is 0.457. The van der Waals surface area contributed by atoms with E-state index in [1.165, 1.54) is 33.4 Å². The highest BCUT2D eigenvalue weighted by Crippen LogP contribution is 2.49. The maximum absolute atomic E-state index is 2.44. The van der Waals surface area contributed by atoms with Gasteiger partial charge in [-0.2, -0.15) is 0 Å². The molecule has 0 radical (unpaired) electrons. The van der Waals surface area contributed by atoms with Gasteiger partial charge in [0.1, 0.15) is 0 Å². The number of aryl methyl sites for hydroxylation is 4. The van der Waals surface area contributed by atoms with Gasteiger partial charge in [0.05, 0.1) is 0 Å². The van der Waals surface area contributed by atoms with E-state index in [1.54, 1.807) is 33.4 Å². The molecule has 0 saturated heterocycles. The molecule has 2 aliphatic carbocycles. The number of fused-ring (bicyclic) bond motifs is 2. The van der Waals surface area contributed by atoms with Crippen LogP contribution in [-0.4, -0.2) is 0 Å². The molecule has 0 amide bonds. The largest absolute Gasteiger partial charge is 0.0645 e. The van der Waals surface area contributed by atoms with Gasteiger partial charge in [-0.3, -0.25) is 0 Å². The maximum atomic E-state index is 2.44. The molecular formula is C26H30. The van der Waals surface area contributed by atoms with Crippen molar-refractivity contribution in [2.75, 3.05) is 0 Å². The molecule has 0 heterocycles. The summed E-state index contributed by atoms with van der Waals surface area (Å²) in [4.78, 5) is 0. The molecule has 2 aromatic rings. The van der Waals surface area contributed by atoms with E-state index in [0.29, 0.717) is 5.92 Å². The van der Waals surface area contributed by atoms with Crippen molar-refractivity contribution in [1.29, 1.82) is 0 Å². The van der Waals surface area contributed by atoms with Gasteiger partial charge in [0.25, 0.3) is 0 Å². The molecule has 0 heteroatoms. The summed E-state index contributed by atoms with van der Waals surface area (Å²) < 4.78 is 0. The van der Waals surface area contributed by atoms with Crippen molar-refractivity contribution < 1.29 is 0 Å². The van der Waals surface area contributed by atoms with Crippen LogP contribution in [0.15, 0.2) is 35.4 Å². The average Bonchev–Trinajstić information content (AvgIpc) is 3.13. The Balaban J connectivity index is 1.89. The lowest BCUT2D eigenvalue weighted by molar-refractivity contribution is 0.969. The van der Waals surface area contributed by atoms with Gasteiger partial charge in [0.2, 0.25) is 0 Å². The first-order valence-corrected chi connectivity index (χ1v) is 9.89. The summed E-state index contributed by atoms with van der Waals surface area (Å²) >= 11 is 0. The molecule has 4 rings (SSSR count). The minimum atomic E-state index is 0.457. The van der Waals surface area contributed by atoms with E-state index >= 15 is 0 Å². The molecule has 0 aliphatic heterocycles. The molecule has 0 spiro atoms. The van der Waals surface area contributed by atoms with Gasteiger partial charge in [-0.25, -0.2) is 0 Å². The van der Waals surface area contributed by atoms with Gasteiger partial charge < -0.3 is 0 Å². The summed E-state index contributed by atoms with van der Waals surface area (Å²) in [5.41, 5.74) is 18.2. The van der Waals surface area contributed by atoms with Crippen molar-refractivity contribution >= 4 is 11.1 Å². The van der Waals surface area contributed by atoms with Gasteiger partial charge in [0.15, 0.2) is 0 Å². The van der Waals surface area contributed by atoms with Crippen LogP contribution in [0.2, 0.25) is 0 Å². The molecule has 0 fully saturated rings. The lowest BCUT2D eigenvalue weighted by Gasteiger charge is -2.23. The molecule has 0 nitrogen and oxygen atoms in total. The quantitative estimate of drug-likeness (QED) is 0.556. The summed E-state index contributed by atoms with van der Waals surface area (Å²) in [6, 6.07) is 9.19. The Bertz CT molecular complexity index is 914. The molecule has 134 valence electrons. The van der Waals surface area contributed by atoms with Crippen molar-refractivity contribution in [3.63, 3.8) is 0 Å². The zero-order valence-corrected chi connectivity index (χ0v) is 17.3. The van der Waals surface area contributed by atoms with E-state index in [1.807, 2.05) is 0 Å². The van der Waals surface area contributed by atoms with Crippen LogP contribution in [-0.2, 0) is 12.8 Å². The third-order valence-electron chi connectivity index (χ3n) is 6.72. The summed E-state index contributed by atoms with van der Waals surface area (Å²) in [6.45, 7) is 16.2. The van der Waals surface area contributed by atoms with Crippen LogP contribution >= 0.6 is 0 Å². The molecule has 0 aromatic heterocycles. The molecule has 0 N–H and O–H groups in total. The fourth-order valence-electron chi connectivity index (χ4n) is 5.41. The van der Waals surface area contributed by atoms with E-state index in [0.717, 1.165) is 12.8 Å². The molecule has 0 bridgehead atoms. The summed E-state index contributed by atoms with van der Waals surface area (Å²) in [5, 5.41) is 0. The number of benzene rings is 2. The average molecular weight is 343 g/mol. The SMILES string of the molecule is CC1=C(C(C)C2=C(C)Cc3c(C)ccc(C)c32)c2c(C)ccc(C)c2C1. The second-order valence-electron chi connectivity index (χ2n) is 8.57. The van der Waals surface area contributed by atoms with Gasteiger partial charge in [-0.05, 0) is 110 Å². The van der Waals surface area contributed by atoms with Crippen LogP contribution in [0.1, 0.15) is 65.3 Å². The summed E-state index contributed by atoms with van der Waals surface area (Å²) in [6.07, 6.45) is 2.24. The van der Waals surface area contributed by atoms with Crippen LogP contribution in [0.25, 0.3) is 11.1 Å². The van der Waals surface area contributed by atoms with Crippen LogP contribution in [0.4, 0.5) is 0 Å². The van der Waals surface area contributed by atoms with Gasteiger partial charge >= 0.3 is 0 Å². The number of hydrogen-bond donors (Lipinski definition) is 0. The van der Waals surface area contributed by atoms with Crippen molar-refractivity contribution in [1.82, 2.24) is 0 Å². The van der Waals surface area contributed by atoms with Gasteiger partial charge in [0, 0.05) is 5.92 Å². The number of allylic oxidation sites excluding steroid dienone is 4. The monoisotopic (exact) mass is 342 g/mol. The first-order chi connectivity index (χ1) is 12.3. The zero-order valence-electron chi connectivity index (χ0n) is 17.3. The van der Waals surface area contributed by atoms with Crippen LogP contribution < -0.4 is 0 Å². The van der Waals surface area contributed by atoms with E-state index in [2.05, 4.69) is 72.7 Å². The fraction of sp³-hybridized carbons (Fsp3) is 0.385. The molecule has 0 unspecified atom stereocenters. The van der Waals surface area contributed by atoms with Crippen molar-refractivity contribution in [2.24, 2.45) is 5.92 Å². The van der Waals surface area contributed by atoms with Crippen LogP contribution in [0.3, 0.4) is 0 Å². The Kier molecular flexibility index (Phi) is 3.99. The lowest BCUT2D eigenvalue weighted by atomic mass is 9.81. The van der Waals surface area contributed by atoms with Crippen LogP contribution in [0, 0.1) is 33.6 Å². The van der Waals surface area contributed by atoms with Gasteiger partial charge in [-0.15, -0.1) is 0 Å². The smallest absolute Gasteiger partial charge is 0.00724 e. The second kappa shape index (κ2) is 5.98. The Morgan fingerprint density at radius 2 is 0.923 bits per heavy atom. The standard InChI is InChI=1S/C26H30/c1-14-8-10-16(3)25-21(14)12-18(5)23(25)20(7)24-19(6)13-22-15(2)9-11-17(4)26(22)24/h8-11,20H,12-13H2,1-7H3. The van der Waals surface area contributed by atoms with Crippen molar-refractivity contribution in [2.45, 2.75) is 61.3 Å². The molecule has 2 aromatic carbocycles. The fourth-order valence-corrected chi connectivity index (χ4v) is 5.41. The summed E-state index contributed by atoms with van der Waals surface area (Å²) in [7, 11) is 0. The number of hydrogen-bond acceptors (Lipinski definition) is 0. The second-order valence-corrected chi connectivity index (χ2v) is 8.57. The highest BCUT2D eigenvalue weighted by molar-refractivity contribution is 5.92. The van der Waals surface area contributed by atoms with E-state index < -0.39 is 0 Å². The third kappa shape index (κ3) is 2.35. The highest BCUT2D eigenvalue weighted by Gasteiger charge is 2.32. The van der Waals surface area contributed by atoms with Gasteiger partial charge in [-0.1, -0.05) is 42.3 Å². The zero-order chi connectivity index (χ0) is 18.7. The Morgan fingerprint density at radius 1 is 0.577 bits per heavy atom. The minimum Gasteiger partial charge on any atom is -0.0645 e.